The molecule has 0 heterocycles. The molecular weight excluding hydrogens is 243 g/mol. The van der Waals surface area contributed by atoms with Crippen LogP contribution in [0.5, 0.6) is 0 Å². The predicted octanol–water partition coefficient (Wildman–Crippen LogP) is 2.68. The first-order valence-corrected chi connectivity index (χ1v) is 6.73. The molecule has 19 heavy (non-hydrogen) atoms. The Morgan fingerprint density at radius 2 is 2.05 bits per heavy atom. The molecule has 0 unspecified atom stereocenters. The van der Waals surface area contributed by atoms with Crippen LogP contribution in [-0.4, -0.2) is 29.7 Å². The van der Waals surface area contributed by atoms with E-state index >= 15 is 0 Å². The Bertz CT molecular complexity index is 421. The Labute approximate surface area is 114 Å². The van der Waals surface area contributed by atoms with Gasteiger partial charge in [0.2, 0.25) is 0 Å². The van der Waals surface area contributed by atoms with Gasteiger partial charge < -0.3 is 5.11 Å². The van der Waals surface area contributed by atoms with Crippen LogP contribution >= 0.6 is 0 Å². The third-order valence-corrected chi connectivity index (χ3v) is 3.03. The Kier molecular flexibility index (Phi) is 7.09. The molecule has 0 aliphatic rings. The number of aliphatic hydroxyl groups excluding tert-OH is 1. The Morgan fingerprint density at radius 1 is 1.32 bits per heavy atom. The molecule has 0 amide bonds. The first-order chi connectivity index (χ1) is 9.21. The van der Waals surface area contributed by atoms with Crippen LogP contribution in [0.15, 0.2) is 18.2 Å². The van der Waals surface area contributed by atoms with E-state index < -0.39 is 0 Å². The second kappa shape index (κ2) is 8.63. The van der Waals surface area contributed by atoms with Gasteiger partial charge >= 0.3 is 0 Å². The van der Waals surface area contributed by atoms with Crippen molar-refractivity contribution in [1.29, 1.82) is 5.26 Å². The van der Waals surface area contributed by atoms with Crippen LogP contribution in [0.4, 0.5) is 4.39 Å². The maximum Gasteiger partial charge on any atom is 0.127 e. The van der Waals surface area contributed by atoms with Crippen molar-refractivity contribution >= 4 is 0 Å². The summed E-state index contributed by atoms with van der Waals surface area (Å²) >= 11 is 0. The highest BCUT2D eigenvalue weighted by Crippen LogP contribution is 2.13. The minimum absolute atomic E-state index is 0.142. The molecule has 0 saturated carbocycles. The molecule has 1 N–H and O–H groups in total. The summed E-state index contributed by atoms with van der Waals surface area (Å²) in [5, 5.41) is 17.8. The van der Waals surface area contributed by atoms with Crippen molar-refractivity contribution in [2.75, 3.05) is 19.7 Å². The summed E-state index contributed by atoms with van der Waals surface area (Å²) in [4.78, 5) is 2.12. The lowest BCUT2D eigenvalue weighted by Crippen LogP contribution is -2.26. The molecule has 3 nitrogen and oxygen atoms in total. The van der Waals surface area contributed by atoms with E-state index in [9.17, 15) is 4.39 Å². The fourth-order valence-corrected chi connectivity index (χ4v) is 1.95. The maximum absolute atomic E-state index is 13.7. The van der Waals surface area contributed by atoms with E-state index in [1.165, 1.54) is 12.1 Å². The van der Waals surface area contributed by atoms with Crippen LogP contribution in [0.25, 0.3) is 0 Å². The second-order valence-electron chi connectivity index (χ2n) is 4.62. The highest BCUT2D eigenvalue weighted by Gasteiger charge is 2.10. The van der Waals surface area contributed by atoms with Crippen molar-refractivity contribution < 1.29 is 9.50 Å². The molecule has 0 aliphatic carbocycles. The zero-order chi connectivity index (χ0) is 14.1. The van der Waals surface area contributed by atoms with Crippen LogP contribution in [0.2, 0.25) is 0 Å². The van der Waals surface area contributed by atoms with Crippen LogP contribution < -0.4 is 0 Å². The molecule has 0 saturated heterocycles. The van der Waals surface area contributed by atoms with Crippen molar-refractivity contribution in [1.82, 2.24) is 4.90 Å². The van der Waals surface area contributed by atoms with E-state index in [0.29, 0.717) is 24.1 Å². The van der Waals surface area contributed by atoms with Gasteiger partial charge in [-0.1, -0.05) is 13.3 Å². The number of hydrogen-bond donors (Lipinski definition) is 1. The highest BCUT2D eigenvalue weighted by atomic mass is 19.1. The number of benzene rings is 1. The van der Waals surface area contributed by atoms with Crippen molar-refractivity contribution in [3.63, 3.8) is 0 Å². The summed E-state index contributed by atoms with van der Waals surface area (Å²) in [5.74, 6) is -0.274. The quantitative estimate of drug-likeness (QED) is 0.785. The van der Waals surface area contributed by atoms with E-state index in [1.54, 1.807) is 6.07 Å². The Balaban J connectivity index is 2.73. The van der Waals surface area contributed by atoms with E-state index in [2.05, 4.69) is 11.8 Å². The molecule has 0 spiro atoms. The molecular formula is C15H21FN2O. The van der Waals surface area contributed by atoms with Gasteiger partial charge in [0.05, 0.1) is 11.6 Å². The molecule has 1 aromatic carbocycles. The monoisotopic (exact) mass is 264 g/mol. The Hall–Kier alpha value is -1.44. The molecule has 0 radical (unpaired) electrons. The lowest BCUT2D eigenvalue weighted by Gasteiger charge is -2.22. The minimum Gasteiger partial charge on any atom is -0.396 e. The van der Waals surface area contributed by atoms with Gasteiger partial charge in [-0.15, -0.1) is 0 Å². The van der Waals surface area contributed by atoms with Gasteiger partial charge in [-0.25, -0.2) is 4.39 Å². The van der Waals surface area contributed by atoms with Gasteiger partial charge in [-0.05, 0) is 37.6 Å². The number of hydrogen-bond acceptors (Lipinski definition) is 3. The molecule has 0 fully saturated rings. The van der Waals surface area contributed by atoms with Gasteiger partial charge in [0.25, 0.3) is 0 Å². The fraction of sp³-hybridized carbons (Fsp3) is 0.533. The first-order valence-electron chi connectivity index (χ1n) is 6.73. The topological polar surface area (TPSA) is 47.3 Å². The normalized spacial score (nSPS) is 10.7. The third kappa shape index (κ3) is 5.37. The summed E-state index contributed by atoms with van der Waals surface area (Å²) in [7, 11) is 0. The van der Waals surface area contributed by atoms with Gasteiger partial charge in [0.1, 0.15) is 5.82 Å². The van der Waals surface area contributed by atoms with Gasteiger partial charge in [-0.2, -0.15) is 5.26 Å². The lowest BCUT2D eigenvalue weighted by atomic mass is 10.1. The zero-order valence-corrected chi connectivity index (χ0v) is 11.4. The third-order valence-electron chi connectivity index (χ3n) is 3.03. The SMILES string of the molecule is CCCCN(CCCO)Cc1cc(C#N)ccc1F. The second-order valence-corrected chi connectivity index (χ2v) is 4.62. The predicted molar refractivity (Wildman–Crippen MR) is 73.0 cm³/mol. The first kappa shape index (κ1) is 15.6. The molecule has 4 heteroatoms. The standard InChI is InChI=1S/C15H21FN2O/c1-2-3-7-18(8-4-9-19)12-14-10-13(11-17)5-6-15(14)16/h5-6,10,19H,2-4,7-9,12H2,1H3. The van der Waals surface area contributed by atoms with Crippen LogP contribution in [0, 0.1) is 17.1 Å². The van der Waals surface area contributed by atoms with Crippen LogP contribution in [0.3, 0.4) is 0 Å². The number of halogens is 1. The fourth-order valence-electron chi connectivity index (χ4n) is 1.95. The molecule has 1 rings (SSSR count). The lowest BCUT2D eigenvalue weighted by molar-refractivity contribution is 0.214. The molecule has 0 aromatic heterocycles. The van der Waals surface area contributed by atoms with Crippen LogP contribution in [0.1, 0.15) is 37.3 Å². The molecule has 0 aliphatic heterocycles. The van der Waals surface area contributed by atoms with Crippen molar-refractivity contribution in [2.24, 2.45) is 0 Å². The minimum atomic E-state index is -0.274. The molecule has 1 aromatic rings. The van der Waals surface area contributed by atoms with Gasteiger partial charge in [0.15, 0.2) is 0 Å². The van der Waals surface area contributed by atoms with Gasteiger partial charge in [0, 0.05) is 25.3 Å². The van der Waals surface area contributed by atoms with E-state index in [-0.39, 0.29) is 12.4 Å². The summed E-state index contributed by atoms with van der Waals surface area (Å²) in [6.45, 7) is 4.37. The number of nitrogens with zero attached hydrogens (tertiary/aromatic N) is 2. The number of nitriles is 1. The maximum atomic E-state index is 13.7. The molecule has 0 atom stereocenters. The number of aliphatic hydroxyl groups is 1. The van der Waals surface area contributed by atoms with E-state index in [1.807, 2.05) is 6.07 Å². The zero-order valence-electron chi connectivity index (χ0n) is 11.4. The van der Waals surface area contributed by atoms with Crippen molar-refractivity contribution in [3.8, 4) is 6.07 Å². The summed E-state index contributed by atoms with van der Waals surface area (Å²) in [6.07, 6.45) is 2.81. The average molecular weight is 264 g/mol. The summed E-state index contributed by atoms with van der Waals surface area (Å²) in [5.41, 5.74) is 1.03. The number of unbranched alkanes of at least 4 members (excludes halogenated alkanes) is 1. The van der Waals surface area contributed by atoms with Crippen molar-refractivity contribution in [3.05, 3.63) is 35.1 Å². The average Bonchev–Trinajstić information content (AvgIpc) is 2.43. The summed E-state index contributed by atoms with van der Waals surface area (Å²) < 4.78 is 13.7. The largest absolute Gasteiger partial charge is 0.396 e. The van der Waals surface area contributed by atoms with E-state index in [4.69, 9.17) is 10.4 Å². The van der Waals surface area contributed by atoms with Gasteiger partial charge in [-0.3, -0.25) is 4.90 Å². The Morgan fingerprint density at radius 3 is 2.68 bits per heavy atom. The van der Waals surface area contributed by atoms with E-state index in [0.717, 1.165) is 25.9 Å². The smallest absolute Gasteiger partial charge is 0.127 e. The number of rotatable bonds is 8. The molecule has 0 bridgehead atoms. The summed E-state index contributed by atoms with van der Waals surface area (Å²) in [6, 6.07) is 6.47. The van der Waals surface area contributed by atoms with Crippen molar-refractivity contribution in [2.45, 2.75) is 32.7 Å². The highest BCUT2D eigenvalue weighted by molar-refractivity contribution is 5.33. The van der Waals surface area contributed by atoms with Crippen LogP contribution in [-0.2, 0) is 6.54 Å². The molecule has 104 valence electrons.